The third-order valence-corrected chi connectivity index (χ3v) is 1.76. The normalized spacial score (nSPS) is 10.3. The van der Waals surface area contributed by atoms with Gasteiger partial charge in [0.25, 0.3) is 0 Å². The summed E-state index contributed by atoms with van der Waals surface area (Å²) < 4.78 is 1.61. The standard InChI is InChI=1S/C8H10N6/c1-2-3-4-10-7-5-9-6-8-11-12-13-14(7)8/h2,5-6,10H,1,3-4H2. The van der Waals surface area contributed by atoms with Crippen LogP contribution in [0.5, 0.6) is 0 Å². The summed E-state index contributed by atoms with van der Waals surface area (Å²) in [5.74, 6) is 0.786. The van der Waals surface area contributed by atoms with Gasteiger partial charge >= 0.3 is 0 Å². The fourth-order valence-electron chi connectivity index (χ4n) is 1.10. The molecule has 0 amide bonds. The SMILES string of the molecule is C=CCCNc1cncc2nnnn12. The summed E-state index contributed by atoms with van der Waals surface area (Å²) in [5.41, 5.74) is 0.633. The van der Waals surface area contributed by atoms with E-state index in [1.165, 1.54) is 0 Å². The van der Waals surface area contributed by atoms with E-state index in [4.69, 9.17) is 0 Å². The molecule has 6 nitrogen and oxygen atoms in total. The molecule has 0 aromatic carbocycles. The third kappa shape index (κ3) is 1.54. The first kappa shape index (κ1) is 8.61. The average Bonchev–Trinajstić information content (AvgIpc) is 2.67. The fraction of sp³-hybridized carbons (Fsp3) is 0.250. The number of tetrazole rings is 1. The maximum Gasteiger partial charge on any atom is 0.199 e. The number of hydrogen-bond acceptors (Lipinski definition) is 5. The number of nitrogens with zero attached hydrogens (tertiary/aromatic N) is 5. The highest BCUT2D eigenvalue weighted by Gasteiger charge is 2.01. The van der Waals surface area contributed by atoms with E-state index in [9.17, 15) is 0 Å². The van der Waals surface area contributed by atoms with E-state index in [0.29, 0.717) is 5.65 Å². The van der Waals surface area contributed by atoms with Crippen molar-refractivity contribution in [2.75, 3.05) is 11.9 Å². The lowest BCUT2D eigenvalue weighted by atomic mass is 10.4. The summed E-state index contributed by atoms with van der Waals surface area (Å²) in [5, 5.41) is 14.3. The summed E-state index contributed by atoms with van der Waals surface area (Å²) >= 11 is 0. The van der Waals surface area contributed by atoms with Crippen LogP contribution in [0.15, 0.2) is 25.0 Å². The van der Waals surface area contributed by atoms with E-state index in [2.05, 4.69) is 32.4 Å². The van der Waals surface area contributed by atoms with Crippen LogP contribution in [0.1, 0.15) is 6.42 Å². The molecule has 0 aliphatic rings. The first-order chi connectivity index (χ1) is 6.92. The fourth-order valence-corrected chi connectivity index (χ4v) is 1.10. The summed E-state index contributed by atoms with van der Waals surface area (Å²) in [4.78, 5) is 4.01. The molecule has 2 aromatic heterocycles. The Morgan fingerprint density at radius 1 is 1.50 bits per heavy atom. The molecule has 6 heteroatoms. The van der Waals surface area contributed by atoms with E-state index in [1.807, 2.05) is 6.08 Å². The average molecular weight is 190 g/mol. The number of aromatic nitrogens is 5. The predicted molar refractivity (Wildman–Crippen MR) is 51.9 cm³/mol. The number of anilines is 1. The number of rotatable bonds is 4. The monoisotopic (exact) mass is 190 g/mol. The Hall–Kier alpha value is -1.98. The zero-order chi connectivity index (χ0) is 9.80. The second-order valence-corrected chi connectivity index (χ2v) is 2.75. The van der Waals surface area contributed by atoms with E-state index in [1.54, 1.807) is 16.9 Å². The van der Waals surface area contributed by atoms with Gasteiger partial charge < -0.3 is 5.32 Å². The van der Waals surface area contributed by atoms with Gasteiger partial charge in [0.1, 0.15) is 5.82 Å². The zero-order valence-corrected chi connectivity index (χ0v) is 7.59. The van der Waals surface area contributed by atoms with E-state index >= 15 is 0 Å². The van der Waals surface area contributed by atoms with Crippen molar-refractivity contribution in [1.82, 2.24) is 25.0 Å². The lowest BCUT2D eigenvalue weighted by Crippen LogP contribution is -2.06. The van der Waals surface area contributed by atoms with Gasteiger partial charge in [0.15, 0.2) is 5.65 Å². The Morgan fingerprint density at radius 3 is 3.29 bits per heavy atom. The first-order valence-corrected chi connectivity index (χ1v) is 4.28. The minimum atomic E-state index is 0.633. The van der Waals surface area contributed by atoms with Gasteiger partial charge in [-0.3, -0.25) is 4.98 Å². The maximum atomic E-state index is 4.01. The van der Waals surface area contributed by atoms with E-state index in [-0.39, 0.29) is 0 Å². The van der Waals surface area contributed by atoms with E-state index < -0.39 is 0 Å². The Balaban J connectivity index is 2.23. The van der Waals surface area contributed by atoms with Crippen molar-refractivity contribution in [3.8, 4) is 0 Å². The van der Waals surface area contributed by atoms with Crippen LogP contribution in [0.4, 0.5) is 5.82 Å². The summed E-state index contributed by atoms with van der Waals surface area (Å²) in [6.45, 7) is 4.44. The molecule has 0 radical (unpaired) electrons. The van der Waals surface area contributed by atoms with Crippen molar-refractivity contribution < 1.29 is 0 Å². The predicted octanol–water partition coefficient (Wildman–Crippen LogP) is 0.507. The van der Waals surface area contributed by atoms with Crippen molar-refractivity contribution in [1.29, 1.82) is 0 Å². The molecule has 14 heavy (non-hydrogen) atoms. The van der Waals surface area contributed by atoms with Gasteiger partial charge in [-0.25, -0.2) is 0 Å². The first-order valence-electron chi connectivity index (χ1n) is 4.28. The van der Waals surface area contributed by atoms with Crippen LogP contribution in [0.25, 0.3) is 5.65 Å². The van der Waals surface area contributed by atoms with Crippen LogP contribution in [-0.4, -0.2) is 31.6 Å². The summed E-state index contributed by atoms with van der Waals surface area (Å²) in [6, 6.07) is 0. The lowest BCUT2D eigenvalue weighted by molar-refractivity contribution is 0.819. The second-order valence-electron chi connectivity index (χ2n) is 2.75. The Kier molecular flexibility index (Phi) is 2.35. The van der Waals surface area contributed by atoms with E-state index in [0.717, 1.165) is 18.8 Å². The summed E-state index contributed by atoms with van der Waals surface area (Å²) in [7, 11) is 0. The molecule has 0 aliphatic carbocycles. The van der Waals surface area contributed by atoms with Gasteiger partial charge in [0.2, 0.25) is 0 Å². The Morgan fingerprint density at radius 2 is 2.43 bits per heavy atom. The smallest absolute Gasteiger partial charge is 0.199 e. The molecule has 0 saturated heterocycles. The molecule has 0 spiro atoms. The molecule has 0 saturated carbocycles. The van der Waals surface area contributed by atoms with Gasteiger partial charge in [0, 0.05) is 6.54 Å². The second kappa shape index (κ2) is 3.82. The third-order valence-electron chi connectivity index (χ3n) is 1.76. The molecule has 0 atom stereocenters. The van der Waals surface area contributed by atoms with Crippen LogP contribution >= 0.6 is 0 Å². The van der Waals surface area contributed by atoms with Crippen LogP contribution in [0.3, 0.4) is 0 Å². The molecule has 2 rings (SSSR count). The zero-order valence-electron chi connectivity index (χ0n) is 7.59. The minimum Gasteiger partial charge on any atom is -0.368 e. The van der Waals surface area contributed by atoms with Gasteiger partial charge in [-0.2, -0.15) is 4.52 Å². The molecular formula is C8H10N6. The molecule has 0 fully saturated rings. The molecule has 0 unspecified atom stereocenters. The number of nitrogens with one attached hydrogen (secondary N) is 1. The van der Waals surface area contributed by atoms with Gasteiger partial charge in [0.05, 0.1) is 12.4 Å². The molecule has 0 aliphatic heterocycles. The van der Waals surface area contributed by atoms with Crippen molar-refractivity contribution in [2.45, 2.75) is 6.42 Å². The van der Waals surface area contributed by atoms with Crippen molar-refractivity contribution in [3.63, 3.8) is 0 Å². The number of fused-ring (bicyclic) bond motifs is 1. The minimum absolute atomic E-state index is 0.633. The van der Waals surface area contributed by atoms with Gasteiger partial charge in [-0.1, -0.05) is 6.08 Å². The Labute approximate surface area is 80.7 Å². The largest absolute Gasteiger partial charge is 0.368 e. The maximum absolute atomic E-state index is 4.01. The molecule has 0 bridgehead atoms. The van der Waals surface area contributed by atoms with Gasteiger partial charge in [-0.15, -0.1) is 11.7 Å². The molecular weight excluding hydrogens is 180 g/mol. The number of hydrogen-bond donors (Lipinski definition) is 1. The van der Waals surface area contributed by atoms with Crippen LogP contribution < -0.4 is 5.32 Å². The Bertz CT molecular complexity index is 434. The lowest BCUT2D eigenvalue weighted by Gasteiger charge is -2.03. The molecule has 72 valence electrons. The quantitative estimate of drug-likeness (QED) is 0.562. The summed E-state index contributed by atoms with van der Waals surface area (Å²) in [6.07, 6.45) is 6.03. The highest BCUT2D eigenvalue weighted by molar-refractivity contribution is 5.43. The highest BCUT2D eigenvalue weighted by Crippen LogP contribution is 2.05. The van der Waals surface area contributed by atoms with Crippen LogP contribution in [0, 0.1) is 0 Å². The van der Waals surface area contributed by atoms with Gasteiger partial charge in [-0.05, 0) is 16.8 Å². The highest BCUT2D eigenvalue weighted by atomic mass is 15.5. The molecule has 1 N–H and O–H groups in total. The van der Waals surface area contributed by atoms with Crippen LogP contribution in [-0.2, 0) is 0 Å². The van der Waals surface area contributed by atoms with Crippen LogP contribution in [0.2, 0.25) is 0 Å². The molecule has 2 aromatic rings. The topological polar surface area (TPSA) is 68.0 Å². The van der Waals surface area contributed by atoms with Crippen molar-refractivity contribution >= 4 is 11.5 Å². The van der Waals surface area contributed by atoms with Crippen molar-refractivity contribution in [3.05, 3.63) is 25.0 Å². The molecule has 2 heterocycles. The van der Waals surface area contributed by atoms with Crippen molar-refractivity contribution in [2.24, 2.45) is 0 Å².